The van der Waals surface area contributed by atoms with E-state index in [-0.39, 0.29) is 11.9 Å². The monoisotopic (exact) mass is 191 g/mol. The molecule has 0 fully saturated rings. The SMILES string of the molecule is C[N+]1([O-])C(N)=C(N)C=C2C=CC=CC21. The summed E-state index contributed by atoms with van der Waals surface area (Å²) >= 11 is 0. The van der Waals surface area contributed by atoms with Crippen molar-refractivity contribution >= 4 is 0 Å². The molecule has 4 N–H and O–H groups in total. The van der Waals surface area contributed by atoms with E-state index in [1.165, 1.54) is 7.05 Å². The highest BCUT2D eigenvalue weighted by molar-refractivity contribution is 5.42. The molecule has 0 aromatic rings. The standard InChI is InChI=1S/C10H13N3O/c1-13(14)9-5-3-2-4-7(9)6-8(11)10(13)12/h2-6,9H,11-12H2,1H3. The Balaban J connectivity index is 2.55. The summed E-state index contributed by atoms with van der Waals surface area (Å²) in [5, 5.41) is 12.2. The summed E-state index contributed by atoms with van der Waals surface area (Å²) in [5.41, 5.74) is 12.6. The fourth-order valence-electron chi connectivity index (χ4n) is 1.79. The van der Waals surface area contributed by atoms with Crippen molar-refractivity contribution in [3.63, 3.8) is 0 Å². The molecule has 0 saturated carbocycles. The van der Waals surface area contributed by atoms with Gasteiger partial charge in [-0.1, -0.05) is 18.2 Å². The lowest BCUT2D eigenvalue weighted by Gasteiger charge is -2.46. The molecule has 2 rings (SSSR count). The van der Waals surface area contributed by atoms with E-state index in [1.54, 1.807) is 6.08 Å². The lowest BCUT2D eigenvalue weighted by molar-refractivity contribution is -0.837. The second kappa shape index (κ2) is 2.73. The van der Waals surface area contributed by atoms with E-state index in [0.717, 1.165) is 5.57 Å². The minimum atomic E-state index is -0.640. The average molecular weight is 191 g/mol. The van der Waals surface area contributed by atoms with Gasteiger partial charge in [-0.05, 0) is 12.2 Å². The van der Waals surface area contributed by atoms with E-state index in [9.17, 15) is 5.21 Å². The number of nitrogens with two attached hydrogens (primary N) is 2. The predicted octanol–water partition coefficient (Wildman–Crippen LogP) is 0.452. The molecule has 2 aliphatic rings. The fourth-order valence-corrected chi connectivity index (χ4v) is 1.79. The number of fused-ring (bicyclic) bond motifs is 1. The Hall–Kier alpha value is -1.52. The molecule has 2 atom stereocenters. The van der Waals surface area contributed by atoms with Crippen LogP contribution < -0.4 is 11.5 Å². The second-order valence-corrected chi connectivity index (χ2v) is 3.66. The summed E-state index contributed by atoms with van der Waals surface area (Å²) in [7, 11) is 1.52. The van der Waals surface area contributed by atoms with Crippen LogP contribution >= 0.6 is 0 Å². The van der Waals surface area contributed by atoms with Gasteiger partial charge in [-0.3, -0.25) is 0 Å². The van der Waals surface area contributed by atoms with Crippen molar-refractivity contribution in [3.8, 4) is 0 Å². The third-order valence-electron chi connectivity index (χ3n) is 2.66. The van der Waals surface area contributed by atoms with Crippen molar-refractivity contribution in [1.82, 2.24) is 0 Å². The normalized spacial score (nSPS) is 35.6. The van der Waals surface area contributed by atoms with Crippen LogP contribution in [-0.2, 0) is 0 Å². The van der Waals surface area contributed by atoms with Crippen LogP contribution in [0.15, 0.2) is 47.5 Å². The van der Waals surface area contributed by atoms with E-state index in [1.807, 2.05) is 24.3 Å². The molecular weight excluding hydrogens is 178 g/mol. The highest BCUT2D eigenvalue weighted by atomic mass is 16.5. The Kier molecular flexibility index (Phi) is 1.77. The molecule has 1 aliphatic carbocycles. The molecule has 4 heteroatoms. The van der Waals surface area contributed by atoms with Crippen LogP contribution in [0.25, 0.3) is 0 Å². The summed E-state index contributed by atoms with van der Waals surface area (Å²) in [6, 6.07) is -0.257. The van der Waals surface area contributed by atoms with E-state index in [2.05, 4.69) is 0 Å². The van der Waals surface area contributed by atoms with Gasteiger partial charge in [-0.2, -0.15) is 0 Å². The summed E-state index contributed by atoms with van der Waals surface area (Å²) in [5.74, 6) is 0.179. The second-order valence-electron chi connectivity index (χ2n) is 3.66. The van der Waals surface area contributed by atoms with Crippen molar-refractivity contribution in [2.75, 3.05) is 7.05 Å². The lowest BCUT2D eigenvalue weighted by atomic mass is 9.96. The van der Waals surface area contributed by atoms with Crippen LogP contribution in [-0.4, -0.2) is 17.7 Å². The Morgan fingerprint density at radius 2 is 2.07 bits per heavy atom. The topological polar surface area (TPSA) is 75.1 Å². The summed E-state index contributed by atoms with van der Waals surface area (Å²) < 4.78 is -0.640. The highest BCUT2D eigenvalue weighted by Gasteiger charge is 2.33. The van der Waals surface area contributed by atoms with Gasteiger partial charge in [0.05, 0.1) is 7.05 Å². The highest BCUT2D eigenvalue weighted by Crippen LogP contribution is 2.30. The molecule has 0 aromatic carbocycles. The Labute approximate surface area is 82.7 Å². The molecule has 0 bridgehead atoms. The zero-order chi connectivity index (χ0) is 10.3. The van der Waals surface area contributed by atoms with E-state index in [0.29, 0.717) is 5.70 Å². The molecule has 1 heterocycles. The molecule has 0 radical (unpaired) electrons. The molecule has 0 spiro atoms. The summed E-state index contributed by atoms with van der Waals surface area (Å²) in [4.78, 5) is 0. The van der Waals surface area contributed by atoms with Crippen LogP contribution in [0.5, 0.6) is 0 Å². The van der Waals surface area contributed by atoms with E-state index in [4.69, 9.17) is 11.5 Å². The van der Waals surface area contributed by atoms with Crippen molar-refractivity contribution in [2.24, 2.45) is 11.5 Å². The lowest BCUT2D eigenvalue weighted by Crippen LogP contribution is -2.52. The van der Waals surface area contributed by atoms with Gasteiger partial charge >= 0.3 is 0 Å². The Morgan fingerprint density at radius 3 is 2.79 bits per heavy atom. The minimum absolute atomic E-state index is 0.179. The number of hydrogen-bond donors (Lipinski definition) is 2. The van der Waals surface area contributed by atoms with Crippen molar-refractivity contribution in [1.29, 1.82) is 0 Å². The van der Waals surface area contributed by atoms with Gasteiger partial charge < -0.3 is 21.3 Å². The van der Waals surface area contributed by atoms with E-state index < -0.39 is 4.65 Å². The molecule has 74 valence electrons. The molecule has 0 aromatic heterocycles. The average Bonchev–Trinajstić information content (AvgIpc) is 2.15. The Morgan fingerprint density at radius 1 is 1.36 bits per heavy atom. The molecule has 2 unspecified atom stereocenters. The molecule has 0 saturated heterocycles. The third kappa shape index (κ3) is 1.08. The maximum Gasteiger partial charge on any atom is 0.222 e. The fraction of sp³-hybridized carbons (Fsp3) is 0.200. The van der Waals surface area contributed by atoms with Gasteiger partial charge in [-0.15, -0.1) is 0 Å². The zero-order valence-corrected chi connectivity index (χ0v) is 7.97. The first kappa shape index (κ1) is 9.05. The van der Waals surface area contributed by atoms with Gasteiger partial charge in [0.15, 0.2) is 0 Å². The minimum Gasteiger partial charge on any atom is -0.626 e. The number of rotatable bonds is 0. The number of hydrogen-bond acceptors (Lipinski definition) is 3. The van der Waals surface area contributed by atoms with Crippen LogP contribution in [0, 0.1) is 5.21 Å². The number of hydroxylamine groups is 3. The first-order valence-electron chi connectivity index (χ1n) is 4.43. The van der Waals surface area contributed by atoms with Crippen molar-refractivity contribution in [3.05, 3.63) is 52.7 Å². The van der Waals surface area contributed by atoms with E-state index >= 15 is 0 Å². The molecule has 1 aliphatic heterocycles. The van der Waals surface area contributed by atoms with Crippen molar-refractivity contribution in [2.45, 2.75) is 6.04 Å². The molecule has 0 amide bonds. The first-order valence-corrected chi connectivity index (χ1v) is 4.43. The van der Waals surface area contributed by atoms with Gasteiger partial charge in [0.1, 0.15) is 11.7 Å². The van der Waals surface area contributed by atoms with Crippen LogP contribution in [0.2, 0.25) is 0 Å². The Bertz CT molecular complexity index is 388. The number of quaternary nitrogens is 1. The quantitative estimate of drug-likeness (QED) is 0.431. The molecular formula is C10H13N3O. The van der Waals surface area contributed by atoms with Gasteiger partial charge in [0.25, 0.3) is 0 Å². The molecule has 14 heavy (non-hydrogen) atoms. The van der Waals surface area contributed by atoms with Gasteiger partial charge in [0.2, 0.25) is 5.82 Å². The maximum absolute atomic E-state index is 12.2. The first-order chi connectivity index (χ1) is 6.53. The molecule has 4 nitrogen and oxygen atoms in total. The van der Waals surface area contributed by atoms with Crippen molar-refractivity contribution < 1.29 is 4.65 Å². The zero-order valence-electron chi connectivity index (χ0n) is 7.97. The number of nitrogens with zero attached hydrogens (tertiary/aromatic N) is 1. The number of allylic oxidation sites excluding steroid dienone is 3. The maximum atomic E-state index is 12.2. The van der Waals surface area contributed by atoms with Crippen LogP contribution in [0.1, 0.15) is 0 Å². The largest absolute Gasteiger partial charge is 0.626 e. The smallest absolute Gasteiger partial charge is 0.222 e. The number of likely N-dealkylation sites (N-methyl/N-ethyl adjacent to an activating group) is 1. The van der Waals surface area contributed by atoms with Gasteiger partial charge in [-0.25, -0.2) is 0 Å². The summed E-state index contributed by atoms with van der Waals surface area (Å²) in [6.07, 6.45) is 9.23. The van der Waals surface area contributed by atoms with Crippen LogP contribution in [0.4, 0.5) is 0 Å². The van der Waals surface area contributed by atoms with Gasteiger partial charge in [0, 0.05) is 5.57 Å². The van der Waals surface area contributed by atoms with Crippen LogP contribution in [0.3, 0.4) is 0 Å². The third-order valence-corrected chi connectivity index (χ3v) is 2.66. The summed E-state index contributed by atoms with van der Waals surface area (Å²) in [6.45, 7) is 0. The predicted molar refractivity (Wildman–Crippen MR) is 55.1 cm³/mol.